The lowest BCUT2D eigenvalue weighted by Crippen LogP contribution is -2.46. The lowest BCUT2D eigenvalue weighted by atomic mass is 9.88. The van der Waals surface area contributed by atoms with E-state index in [2.05, 4.69) is 5.32 Å². The normalized spacial score (nSPS) is 15.1. The number of likely N-dealkylation sites (tertiary alicyclic amines) is 1. The van der Waals surface area contributed by atoms with Crippen LogP contribution in [0.1, 0.15) is 43.2 Å². The predicted octanol–water partition coefficient (Wildman–Crippen LogP) is 3.34. The molecular weight excluding hydrogens is 324 g/mol. The molecule has 1 fully saturated rings. The van der Waals surface area contributed by atoms with E-state index < -0.39 is 6.04 Å². The number of benzene rings is 2. The molecule has 0 radical (unpaired) electrons. The summed E-state index contributed by atoms with van der Waals surface area (Å²) in [5.74, 6) is -0.0962. The van der Waals surface area contributed by atoms with Gasteiger partial charge in [0, 0.05) is 25.4 Å². The summed E-state index contributed by atoms with van der Waals surface area (Å²) >= 11 is 0. The lowest BCUT2D eigenvalue weighted by molar-refractivity contribution is -0.135. The first kappa shape index (κ1) is 18.2. The SMILES string of the molecule is C[C@H](NC(=O)CC(c1ccccc1)c1ccccc1)C(=O)N1CCCC1. The molecule has 0 spiro atoms. The van der Waals surface area contributed by atoms with Crippen molar-refractivity contribution in [3.05, 3.63) is 71.8 Å². The first-order chi connectivity index (χ1) is 12.6. The maximum atomic E-state index is 12.6. The number of hydrogen-bond acceptors (Lipinski definition) is 2. The fraction of sp³-hybridized carbons (Fsp3) is 0.364. The summed E-state index contributed by atoms with van der Waals surface area (Å²) < 4.78 is 0. The molecule has 1 heterocycles. The number of carbonyl (C=O) groups excluding carboxylic acids is 2. The molecule has 0 saturated carbocycles. The van der Waals surface area contributed by atoms with Gasteiger partial charge >= 0.3 is 0 Å². The third-order valence-corrected chi connectivity index (χ3v) is 4.96. The van der Waals surface area contributed by atoms with Crippen molar-refractivity contribution in [2.75, 3.05) is 13.1 Å². The van der Waals surface area contributed by atoms with E-state index in [-0.39, 0.29) is 17.7 Å². The minimum atomic E-state index is -0.479. The molecule has 2 amide bonds. The van der Waals surface area contributed by atoms with Crippen LogP contribution in [0.3, 0.4) is 0 Å². The molecule has 1 atom stereocenters. The van der Waals surface area contributed by atoms with E-state index in [0.717, 1.165) is 37.1 Å². The highest BCUT2D eigenvalue weighted by Gasteiger charge is 2.25. The minimum absolute atomic E-state index is 0.0202. The van der Waals surface area contributed by atoms with Gasteiger partial charge in [0.2, 0.25) is 11.8 Å². The number of carbonyl (C=O) groups is 2. The summed E-state index contributed by atoms with van der Waals surface area (Å²) in [6.45, 7) is 3.38. The minimum Gasteiger partial charge on any atom is -0.345 e. The molecule has 1 aliphatic heterocycles. The van der Waals surface area contributed by atoms with Crippen molar-refractivity contribution in [2.45, 2.75) is 38.1 Å². The third-order valence-electron chi connectivity index (χ3n) is 4.96. The summed E-state index contributed by atoms with van der Waals surface area (Å²) in [5.41, 5.74) is 2.21. The van der Waals surface area contributed by atoms with Gasteiger partial charge in [-0.15, -0.1) is 0 Å². The van der Waals surface area contributed by atoms with E-state index in [1.54, 1.807) is 6.92 Å². The molecule has 2 aromatic rings. The van der Waals surface area contributed by atoms with E-state index in [1.165, 1.54) is 0 Å². The molecule has 0 aromatic heterocycles. The highest BCUT2D eigenvalue weighted by atomic mass is 16.2. The summed E-state index contributed by atoms with van der Waals surface area (Å²) in [5, 5.41) is 2.90. The second kappa shape index (κ2) is 8.65. The average Bonchev–Trinajstić information content (AvgIpc) is 3.21. The van der Waals surface area contributed by atoms with Gasteiger partial charge in [-0.3, -0.25) is 9.59 Å². The average molecular weight is 350 g/mol. The van der Waals surface area contributed by atoms with E-state index in [1.807, 2.05) is 65.6 Å². The molecule has 4 nitrogen and oxygen atoms in total. The summed E-state index contributed by atoms with van der Waals surface area (Å²) in [6, 6.07) is 19.6. The Bertz CT molecular complexity index is 685. The van der Waals surface area contributed by atoms with Gasteiger partial charge in [0.15, 0.2) is 0 Å². The monoisotopic (exact) mass is 350 g/mol. The first-order valence-electron chi connectivity index (χ1n) is 9.33. The largest absolute Gasteiger partial charge is 0.345 e. The maximum absolute atomic E-state index is 12.6. The van der Waals surface area contributed by atoms with Crippen LogP contribution in [0.4, 0.5) is 0 Å². The van der Waals surface area contributed by atoms with E-state index >= 15 is 0 Å². The predicted molar refractivity (Wildman–Crippen MR) is 103 cm³/mol. The molecular formula is C22H26N2O2. The van der Waals surface area contributed by atoms with Crippen LogP contribution >= 0.6 is 0 Å². The highest BCUT2D eigenvalue weighted by Crippen LogP contribution is 2.27. The number of rotatable bonds is 6. The highest BCUT2D eigenvalue weighted by molar-refractivity contribution is 5.87. The maximum Gasteiger partial charge on any atom is 0.244 e. The van der Waals surface area contributed by atoms with Crippen LogP contribution in [0.25, 0.3) is 0 Å². The molecule has 4 heteroatoms. The number of hydrogen-bond donors (Lipinski definition) is 1. The molecule has 136 valence electrons. The first-order valence-corrected chi connectivity index (χ1v) is 9.33. The van der Waals surface area contributed by atoms with Gasteiger partial charge in [0.05, 0.1) is 0 Å². The van der Waals surface area contributed by atoms with Crippen LogP contribution in [-0.2, 0) is 9.59 Å². The van der Waals surface area contributed by atoms with Crippen molar-refractivity contribution < 1.29 is 9.59 Å². The van der Waals surface area contributed by atoms with Gasteiger partial charge < -0.3 is 10.2 Å². The molecule has 0 aliphatic carbocycles. The topological polar surface area (TPSA) is 49.4 Å². The quantitative estimate of drug-likeness (QED) is 0.869. The van der Waals surface area contributed by atoms with Gasteiger partial charge in [-0.25, -0.2) is 0 Å². The number of amides is 2. The Labute approximate surface area is 155 Å². The zero-order chi connectivity index (χ0) is 18.4. The zero-order valence-corrected chi connectivity index (χ0v) is 15.2. The Balaban J connectivity index is 1.68. The summed E-state index contributed by atoms with van der Waals surface area (Å²) in [4.78, 5) is 26.9. The second-order valence-electron chi connectivity index (χ2n) is 6.90. The molecule has 26 heavy (non-hydrogen) atoms. The summed E-state index contributed by atoms with van der Waals surface area (Å²) in [7, 11) is 0. The van der Waals surface area contributed by atoms with Crippen LogP contribution < -0.4 is 5.32 Å². The van der Waals surface area contributed by atoms with Crippen molar-refractivity contribution in [3.8, 4) is 0 Å². The summed E-state index contributed by atoms with van der Waals surface area (Å²) in [6.07, 6.45) is 2.43. The fourth-order valence-corrected chi connectivity index (χ4v) is 3.56. The fourth-order valence-electron chi connectivity index (χ4n) is 3.56. The second-order valence-corrected chi connectivity index (χ2v) is 6.90. The van der Waals surface area contributed by atoms with Gasteiger partial charge in [0.1, 0.15) is 6.04 Å². The molecule has 1 saturated heterocycles. The van der Waals surface area contributed by atoms with Gasteiger partial charge in [-0.2, -0.15) is 0 Å². The molecule has 0 unspecified atom stereocenters. The van der Waals surface area contributed by atoms with Crippen LogP contribution in [0.5, 0.6) is 0 Å². The number of nitrogens with one attached hydrogen (secondary N) is 1. The number of nitrogens with zero attached hydrogens (tertiary/aromatic N) is 1. The van der Waals surface area contributed by atoms with E-state index in [0.29, 0.717) is 6.42 Å². The molecule has 1 aliphatic rings. The Morgan fingerprint density at radius 3 is 1.92 bits per heavy atom. The Morgan fingerprint density at radius 2 is 1.42 bits per heavy atom. The smallest absolute Gasteiger partial charge is 0.244 e. The van der Waals surface area contributed by atoms with Crippen LogP contribution in [-0.4, -0.2) is 35.8 Å². The molecule has 2 aromatic carbocycles. The van der Waals surface area contributed by atoms with Gasteiger partial charge in [-0.1, -0.05) is 60.7 Å². The zero-order valence-electron chi connectivity index (χ0n) is 15.2. The van der Waals surface area contributed by atoms with Crippen LogP contribution in [0, 0.1) is 0 Å². The van der Waals surface area contributed by atoms with Crippen molar-refractivity contribution in [3.63, 3.8) is 0 Å². The van der Waals surface area contributed by atoms with Crippen LogP contribution in [0.2, 0.25) is 0 Å². The Kier molecular flexibility index (Phi) is 6.05. The van der Waals surface area contributed by atoms with E-state index in [9.17, 15) is 9.59 Å². The van der Waals surface area contributed by atoms with Crippen molar-refractivity contribution in [1.82, 2.24) is 10.2 Å². The van der Waals surface area contributed by atoms with E-state index in [4.69, 9.17) is 0 Å². The standard InChI is InChI=1S/C22H26N2O2/c1-17(22(26)24-14-8-9-15-24)23-21(25)16-20(18-10-4-2-5-11-18)19-12-6-3-7-13-19/h2-7,10-13,17,20H,8-9,14-16H2,1H3,(H,23,25)/t17-/m0/s1. The van der Waals surface area contributed by atoms with Gasteiger partial charge in [0.25, 0.3) is 0 Å². The molecule has 1 N–H and O–H groups in total. The Morgan fingerprint density at radius 1 is 0.923 bits per heavy atom. The molecule has 0 bridgehead atoms. The Hall–Kier alpha value is -2.62. The van der Waals surface area contributed by atoms with Gasteiger partial charge in [-0.05, 0) is 30.9 Å². The molecule has 3 rings (SSSR count). The third kappa shape index (κ3) is 4.51. The van der Waals surface area contributed by atoms with Crippen LogP contribution in [0.15, 0.2) is 60.7 Å². The van der Waals surface area contributed by atoms with Crippen molar-refractivity contribution >= 4 is 11.8 Å². The van der Waals surface area contributed by atoms with Crippen molar-refractivity contribution in [1.29, 1.82) is 0 Å². The van der Waals surface area contributed by atoms with Crippen molar-refractivity contribution in [2.24, 2.45) is 0 Å². The lowest BCUT2D eigenvalue weighted by Gasteiger charge is -2.23.